The van der Waals surface area contributed by atoms with Crippen LogP contribution in [-0.4, -0.2) is 11.1 Å². The van der Waals surface area contributed by atoms with Crippen LogP contribution < -0.4 is 10.1 Å². The average molecular weight is 305 g/mol. The third-order valence-electron chi connectivity index (χ3n) is 3.23. The fourth-order valence-corrected chi connectivity index (χ4v) is 2.37. The van der Waals surface area contributed by atoms with Gasteiger partial charge in [0.1, 0.15) is 5.75 Å². The Kier molecular flexibility index (Phi) is 5.07. The van der Waals surface area contributed by atoms with Gasteiger partial charge < -0.3 is 10.1 Å². The summed E-state index contributed by atoms with van der Waals surface area (Å²) >= 11 is 6.15. The number of aryl methyl sites for hydroxylation is 1. The SMILES string of the molecule is Cc1ccnc(Cl)c1NC(C)c1ccc(OC(C)C)cc1. The summed E-state index contributed by atoms with van der Waals surface area (Å²) in [5.74, 6) is 0.886. The zero-order valence-corrected chi connectivity index (χ0v) is 13.6. The first-order valence-corrected chi connectivity index (χ1v) is 7.49. The summed E-state index contributed by atoms with van der Waals surface area (Å²) in [6.07, 6.45) is 1.90. The lowest BCUT2D eigenvalue weighted by molar-refractivity contribution is 0.242. The van der Waals surface area contributed by atoms with E-state index in [4.69, 9.17) is 16.3 Å². The zero-order chi connectivity index (χ0) is 15.4. The number of nitrogens with one attached hydrogen (secondary N) is 1. The smallest absolute Gasteiger partial charge is 0.152 e. The Labute approximate surface area is 131 Å². The van der Waals surface area contributed by atoms with E-state index in [9.17, 15) is 0 Å². The predicted octanol–water partition coefficient (Wildman–Crippen LogP) is 5.00. The van der Waals surface area contributed by atoms with Gasteiger partial charge in [0, 0.05) is 12.2 Å². The van der Waals surface area contributed by atoms with Gasteiger partial charge in [-0.3, -0.25) is 0 Å². The number of nitrogens with zero attached hydrogens (tertiary/aromatic N) is 1. The van der Waals surface area contributed by atoms with Crippen LogP contribution in [0.1, 0.15) is 37.9 Å². The van der Waals surface area contributed by atoms with Gasteiger partial charge in [-0.15, -0.1) is 0 Å². The molecule has 0 saturated heterocycles. The van der Waals surface area contributed by atoms with Crippen molar-refractivity contribution in [3.05, 3.63) is 52.8 Å². The molecule has 0 saturated carbocycles. The van der Waals surface area contributed by atoms with Crippen molar-refractivity contribution in [1.29, 1.82) is 0 Å². The number of benzene rings is 1. The van der Waals surface area contributed by atoms with E-state index in [0.29, 0.717) is 5.15 Å². The Hall–Kier alpha value is -1.74. The molecule has 2 rings (SSSR count). The van der Waals surface area contributed by atoms with Gasteiger partial charge in [-0.2, -0.15) is 0 Å². The normalized spacial score (nSPS) is 12.3. The highest BCUT2D eigenvalue weighted by atomic mass is 35.5. The maximum atomic E-state index is 6.15. The minimum Gasteiger partial charge on any atom is -0.491 e. The molecule has 0 fully saturated rings. The van der Waals surface area contributed by atoms with Crippen LogP contribution in [-0.2, 0) is 0 Å². The molecule has 0 amide bonds. The van der Waals surface area contributed by atoms with E-state index >= 15 is 0 Å². The highest BCUT2D eigenvalue weighted by Gasteiger charge is 2.10. The van der Waals surface area contributed by atoms with E-state index < -0.39 is 0 Å². The van der Waals surface area contributed by atoms with Crippen LogP contribution in [0.15, 0.2) is 36.5 Å². The molecule has 4 heteroatoms. The monoisotopic (exact) mass is 304 g/mol. The number of hydrogen-bond acceptors (Lipinski definition) is 3. The second kappa shape index (κ2) is 6.81. The van der Waals surface area contributed by atoms with E-state index in [-0.39, 0.29) is 12.1 Å². The summed E-state index contributed by atoms with van der Waals surface area (Å²) in [5, 5.41) is 3.92. The van der Waals surface area contributed by atoms with E-state index in [1.807, 2.05) is 39.0 Å². The molecule has 1 unspecified atom stereocenters. The molecule has 21 heavy (non-hydrogen) atoms. The first-order valence-electron chi connectivity index (χ1n) is 7.11. The number of pyridine rings is 1. The molecule has 112 valence electrons. The van der Waals surface area contributed by atoms with Crippen molar-refractivity contribution in [1.82, 2.24) is 4.98 Å². The van der Waals surface area contributed by atoms with Crippen molar-refractivity contribution in [2.75, 3.05) is 5.32 Å². The largest absolute Gasteiger partial charge is 0.491 e. The molecule has 0 aliphatic rings. The minimum absolute atomic E-state index is 0.137. The number of rotatable bonds is 5. The van der Waals surface area contributed by atoms with Crippen molar-refractivity contribution in [2.45, 2.75) is 39.8 Å². The molecule has 0 radical (unpaired) electrons. The average Bonchev–Trinajstić information content (AvgIpc) is 2.43. The van der Waals surface area contributed by atoms with Gasteiger partial charge in [-0.25, -0.2) is 4.98 Å². The maximum absolute atomic E-state index is 6.15. The minimum atomic E-state index is 0.137. The fourth-order valence-electron chi connectivity index (χ4n) is 2.11. The van der Waals surface area contributed by atoms with E-state index in [2.05, 4.69) is 29.4 Å². The van der Waals surface area contributed by atoms with Gasteiger partial charge in [0.05, 0.1) is 11.8 Å². The Balaban J connectivity index is 2.11. The summed E-state index contributed by atoms with van der Waals surface area (Å²) in [6, 6.07) is 10.2. The molecular formula is C17H21ClN2O. The first-order chi connectivity index (χ1) is 9.97. The molecule has 1 aromatic heterocycles. The van der Waals surface area contributed by atoms with Crippen LogP contribution >= 0.6 is 11.6 Å². The van der Waals surface area contributed by atoms with Gasteiger partial charge in [0.2, 0.25) is 0 Å². The van der Waals surface area contributed by atoms with Crippen molar-refractivity contribution in [3.63, 3.8) is 0 Å². The summed E-state index contributed by atoms with van der Waals surface area (Å²) in [4.78, 5) is 4.12. The Bertz CT molecular complexity index is 576. The summed E-state index contributed by atoms with van der Waals surface area (Å²) < 4.78 is 5.65. The summed E-state index contributed by atoms with van der Waals surface area (Å²) in [5.41, 5.74) is 3.14. The number of anilines is 1. The standard InChI is InChI=1S/C17H21ClN2O/c1-11(2)21-15-7-5-14(6-8-15)13(4)20-16-12(3)9-10-19-17(16)18/h5-11,13,20H,1-4H3. The number of ether oxygens (including phenoxy) is 1. The molecule has 0 bridgehead atoms. The van der Waals surface area contributed by atoms with Gasteiger partial charge >= 0.3 is 0 Å². The molecule has 2 aromatic rings. The number of aromatic nitrogens is 1. The second-order valence-electron chi connectivity index (χ2n) is 5.40. The van der Waals surface area contributed by atoms with Gasteiger partial charge in [-0.05, 0) is 57.0 Å². The fraction of sp³-hybridized carbons (Fsp3) is 0.353. The zero-order valence-electron chi connectivity index (χ0n) is 12.9. The molecule has 3 nitrogen and oxygen atoms in total. The second-order valence-corrected chi connectivity index (χ2v) is 5.75. The van der Waals surface area contributed by atoms with Gasteiger partial charge in [0.15, 0.2) is 5.15 Å². The molecule has 1 N–H and O–H groups in total. The molecule has 1 atom stereocenters. The number of hydrogen-bond donors (Lipinski definition) is 1. The van der Waals surface area contributed by atoms with Gasteiger partial charge in [0.25, 0.3) is 0 Å². The van der Waals surface area contributed by atoms with Crippen molar-refractivity contribution < 1.29 is 4.74 Å². The molecular weight excluding hydrogens is 284 g/mol. The van der Waals surface area contributed by atoms with Crippen LogP contribution in [0, 0.1) is 6.92 Å². The Morgan fingerprint density at radius 2 is 1.76 bits per heavy atom. The van der Waals surface area contributed by atoms with Crippen molar-refractivity contribution in [2.24, 2.45) is 0 Å². The molecule has 0 aliphatic heterocycles. The molecule has 0 aliphatic carbocycles. The van der Waals surface area contributed by atoms with E-state index in [1.54, 1.807) is 6.20 Å². The number of halogens is 1. The van der Waals surface area contributed by atoms with Crippen LogP contribution in [0.25, 0.3) is 0 Å². The third-order valence-corrected chi connectivity index (χ3v) is 3.51. The van der Waals surface area contributed by atoms with Crippen LogP contribution in [0.3, 0.4) is 0 Å². The maximum Gasteiger partial charge on any atom is 0.152 e. The van der Waals surface area contributed by atoms with E-state index in [0.717, 1.165) is 17.0 Å². The highest BCUT2D eigenvalue weighted by molar-refractivity contribution is 6.32. The lowest BCUT2D eigenvalue weighted by atomic mass is 10.1. The van der Waals surface area contributed by atoms with Crippen LogP contribution in [0.4, 0.5) is 5.69 Å². The quantitative estimate of drug-likeness (QED) is 0.789. The lowest BCUT2D eigenvalue weighted by Crippen LogP contribution is -2.09. The van der Waals surface area contributed by atoms with Crippen LogP contribution in [0.5, 0.6) is 5.75 Å². The Morgan fingerprint density at radius 1 is 1.10 bits per heavy atom. The third kappa shape index (κ3) is 4.11. The molecule has 1 aromatic carbocycles. The highest BCUT2D eigenvalue weighted by Crippen LogP contribution is 2.28. The predicted molar refractivity (Wildman–Crippen MR) is 88.2 cm³/mol. The van der Waals surface area contributed by atoms with Crippen molar-refractivity contribution in [3.8, 4) is 5.75 Å². The van der Waals surface area contributed by atoms with E-state index in [1.165, 1.54) is 5.56 Å². The van der Waals surface area contributed by atoms with Crippen molar-refractivity contribution >= 4 is 17.3 Å². The molecule has 1 heterocycles. The van der Waals surface area contributed by atoms with Gasteiger partial charge in [-0.1, -0.05) is 23.7 Å². The summed E-state index contributed by atoms with van der Waals surface area (Å²) in [7, 11) is 0. The Morgan fingerprint density at radius 3 is 2.33 bits per heavy atom. The lowest BCUT2D eigenvalue weighted by Gasteiger charge is -2.18. The molecule has 0 spiro atoms. The topological polar surface area (TPSA) is 34.2 Å². The first kappa shape index (κ1) is 15.6. The summed E-state index contributed by atoms with van der Waals surface area (Å²) in [6.45, 7) is 8.15. The van der Waals surface area contributed by atoms with Crippen LogP contribution in [0.2, 0.25) is 5.15 Å².